The van der Waals surface area contributed by atoms with Gasteiger partial charge in [0.25, 0.3) is 5.91 Å². The summed E-state index contributed by atoms with van der Waals surface area (Å²) in [6.45, 7) is 1.96. The third kappa shape index (κ3) is 7.48. The van der Waals surface area contributed by atoms with E-state index in [1.165, 1.54) is 18.2 Å². The van der Waals surface area contributed by atoms with E-state index in [9.17, 15) is 23.5 Å². The molecule has 2 aromatic rings. The molecule has 1 aliphatic rings. The first-order valence-electron chi connectivity index (χ1n) is 11.5. The van der Waals surface area contributed by atoms with E-state index in [-0.39, 0.29) is 17.3 Å². The molecule has 1 aliphatic heterocycles. The van der Waals surface area contributed by atoms with Gasteiger partial charge in [-0.2, -0.15) is 8.78 Å². The fraction of sp³-hybridized carbons (Fsp3) is 0.407. The zero-order chi connectivity index (χ0) is 25.4. The molecule has 3 rings (SSSR count). The first-order chi connectivity index (χ1) is 16.7. The number of carbonyl (C=O) groups excluding carboxylic acids is 1. The summed E-state index contributed by atoms with van der Waals surface area (Å²) < 4.78 is 28.3. The van der Waals surface area contributed by atoms with Crippen molar-refractivity contribution in [3.05, 3.63) is 69.9 Å². The average Bonchev–Trinajstić information content (AvgIpc) is 3.39. The minimum atomic E-state index is -3.44. The van der Waals surface area contributed by atoms with Gasteiger partial charge in [0, 0.05) is 30.7 Å². The molecule has 0 bridgehead atoms. The van der Waals surface area contributed by atoms with Gasteiger partial charge in [0.15, 0.2) is 0 Å². The quantitative estimate of drug-likeness (QED) is 0.362. The van der Waals surface area contributed by atoms with Gasteiger partial charge in [-0.15, -0.1) is 17.3 Å². The number of nitrogens with zero attached hydrogens (tertiary/aromatic N) is 1. The second-order valence-corrected chi connectivity index (χ2v) is 9.89. The molecule has 8 heteroatoms. The van der Waals surface area contributed by atoms with E-state index >= 15 is 0 Å². The van der Waals surface area contributed by atoms with Crippen LogP contribution < -0.4 is 0 Å². The lowest BCUT2D eigenvalue weighted by molar-refractivity contribution is -0.148. The number of thiophene rings is 1. The molecule has 0 spiro atoms. The molecule has 1 fully saturated rings. The van der Waals surface area contributed by atoms with Crippen molar-refractivity contribution in [1.29, 1.82) is 0 Å². The second-order valence-electron chi connectivity index (χ2n) is 8.72. The first kappa shape index (κ1) is 26.6. The highest BCUT2D eigenvalue weighted by Crippen LogP contribution is 2.34. The van der Waals surface area contributed by atoms with Gasteiger partial charge < -0.3 is 15.1 Å². The molecule has 0 aliphatic carbocycles. The Hall–Kier alpha value is -3.02. The number of aryl methyl sites for hydroxylation is 1. The zero-order valence-corrected chi connectivity index (χ0v) is 20.3. The Morgan fingerprint density at radius 1 is 1.26 bits per heavy atom. The van der Waals surface area contributed by atoms with E-state index < -0.39 is 36.4 Å². The van der Waals surface area contributed by atoms with Crippen LogP contribution in [0, 0.1) is 17.8 Å². The van der Waals surface area contributed by atoms with Gasteiger partial charge in [-0.1, -0.05) is 55.3 Å². The predicted molar refractivity (Wildman–Crippen MR) is 132 cm³/mol. The van der Waals surface area contributed by atoms with Crippen molar-refractivity contribution >= 4 is 23.2 Å². The summed E-state index contributed by atoms with van der Waals surface area (Å²) in [4.78, 5) is 25.4. The van der Waals surface area contributed by atoms with Gasteiger partial charge in [-0.25, -0.2) is 4.79 Å². The lowest BCUT2D eigenvalue weighted by Crippen LogP contribution is -2.36. The lowest BCUT2D eigenvalue weighted by Gasteiger charge is -2.22. The molecule has 1 saturated heterocycles. The van der Waals surface area contributed by atoms with E-state index in [0.29, 0.717) is 25.7 Å². The van der Waals surface area contributed by atoms with Crippen molar-refractivity contribution in [2.24, 2.45) is 5.92 Å². The number of carboxylic acid groups (broad SMARTS) is 1. The van der Waals surface area contributed by atoms with Gasteiger partial charge in [-0.3, -0.25) is 4.79 Å². The molecule has 5 nitrogen and oxygen atoms in total. The standard InChI is InChI=1S/C27H29F2NO4S/c1-19(8-5-6-11-20-9-3-2-4-10-20)23(31)15-13-21-18-27(28,29)26(34)30(21)17-7-12-22-14-16-24(35-22)25(32)33/h2-4,9-10,13-16,19,21,23,31H,7-8,11-12,17-18H2,1H3,(H,32,33)/t19-,21+,23+/m1/s1. The average molecular weight is 502 g/mol. The van der Waals surface area contributed by atoms with Gasteiger partial charge in [0.05, 0.1) is 12.1 Å². The van der Waals surface area contributed by atoms with Crippen LogP contribution in [0.3, 0.4) is 0 Å². The Balaban J connectivity index is 1.53. The highest BCUT2D eigenvalue weighted by atomic mass is 32.1. The van der Waals surface area contributed by atoms with Crippen molar-refractivity contribution in [1.82, 2.24) is 4.90 Å². The summed E-state index contributed by atoms with van der Waals surface area (Å²) in [5.41, 5.74) is 1.11. The van der Waals surface area contributed by atoms with Crippen LogP contribution in [-0.2, 0) is 17.6 Å². The Labute approximate surface area is 208 Å². The molecular formula is C27H29F2NO4S. The number of carboxylic acids is 1. The van der Waals surface area contributed by atoms with E-state index in [4.69, 9.17) is 5.11 Å². The zero-order valence-electron chi connectivity index (χ0n) is 19.5. The fourth-order valence-electron chi connectivity index (χ4n) is 3.86. The number of hydrogen-bond acceptors (Lipinski definition) is 4. The molecule has 1 aromatic heterocycles. The minimum absolute atomic E-state index is 0.125. The number of rotatable bonds is 10. The number of alkyl halides is 2. The van der Waals surface area contributed by atoms with Crippen LogP contribution in [0.1, 0.15) is 46.3 Å². The minimum Gasteiger partial charge on any atom is -0.477 e. The number of hydrogen-bond donors (Lipinski definition) is 2. The number of benzene rings is 1. The van der Waals surface area contributed by atoms with E-state index in [2.05, 4.69) is 11.8 Å². The van der Waals surface area contributed by atoms with Gasteiger partial charge >= 0.3 is 11.9 Å². The summed E-state index contributed by atoms with van der Waals surface area (Å²) in [6.07, 6.45) is 3.49. The van der Waals surface area contributed by atoms with Crippen LogP contribution >= 0.6 is 11.3 Å². The molecule has 0 radical (unpaired) electrons. The van der Waals surface area contributed by atoms with Crippen LogP contribution in [0.4, 0.5) is 8.78 Å². The topological polar surface area (TPSA) is 77.8 Å². The Bertz CT molecular complexity index is 1100. The number of aliphatic hydroxyl groups excluding tert-OH is 1. The van der Waals surface area contributed by atoms with E-state index in [1.807, 2.05) is 37.3 Å². The van der Waals surface area contributed by atoms with E-state index in [1.54, 1.807) is 6.07 Å². The van der Waals surface area contributed by atoms with Gasteiger partial charge in [-0.05, 0) is 36.5 Å². The van der Waals surface area contributed by atoms with Crippen LogP contribution in [0.15, 0.2) is 54.6 Å². The third-order valence-corrected chi connectivity index (χ3v) is 7.07. The maximum atomic E-state index is 14.1. The molecule has 0 unspecified atom stereocenters. The summed E-state index contributed by atoms with van der Waals surface area (Å²) in [5, 5.41) is 19.5. The van der Waals surface area contributed by atoms with Crippen LogP contribution in [-0.4, -0.2) is 51.6 Å². The number of aliphatic hydroxyl groups is 1. The summed E-state index contributed by atoms with van der Waals surface area (Å²) >= 11 is 1.14. The normalized spacial score (nSPS) is 18.9. The molecule has 186 valence electrons. The highest BCUT2D eigenvalue weighted by Gasteiger charge is 2.52. The summed E-state index contributed by atoms with van der Waals surface area (Å²) in [5.74, 6) is 0.301. The molecule has 2 N–H and O–H groups in total. The molecular weight excluding hydrogens is 472 g/mol. The molecule has 0 saturated carbocycles. The van der Waals surface area contributed by atoms with Crippen molar-refractivity contribution in [2.45, 2.75) is 57.1 Å². The molecule has 1 aromatic carbocycles. The summed E-state index contributed by atoms with van der Waals surface area (Å²) in [7, 11) is 0. The maximum absolute atomic E-state index is 14.1. The molecule has 3 atom stereocenters. The van der Waals surface area contributed by atoms with E-state index in [0.717, 1.165) is 26.7 Å². The van der Waals surface area contributed by atoms with Crippen molar-refractivity contribution in [3.8, 4) is 11.8 Å². The number of amides is 1. The SMILES string of the molecule is C[C@H](CC#CCc1ccccc1)[C@@H](O)C=C[C@H]1CC(F)(F)C(=O)N1CCCc1ccc(C(=O)O)s1. The Morgan fingerprint density at radius 2 is 2.00 bits per heavy atom. The third-order valence-electron chi connectivity index (χ3n) is 5.93. The molecule has 35 heavy (non-hydrogen) atoms. The van der Waals surface area contributed by atoms with Crippen LogP contribution in [0.25, 0.3) is 0 Å². The molecule has 2 heterocycles. The lowest BCUT2D eigenvalue weighted by atomic mass is 9.99. The second kappa shape index (κ2) is 12.1. The van der Waals surface area contributed by atoms with Gasteiger partial charge in [0.2, 0.25) is 0 Å². The Morgan fingerprint density at radius 3 is 2.69 bits per heavy atom. The maximum Gasteiger partial charge on any atom is 0.345 e. The predicted octanol–water partition coefficient (Wildman–Crippen LogP) is 4.80. The number of carbonyl (C=O) groups is 2. The van der Waals surface area contributed by atoms with Crippen LogP contribution in [0.2, 0.25) is 0 Å². The van der Waals surface area contributed by atoms with Crippen LogP contribution in [0.5, 0.6) is 0 Å². The number of aromatic carboxylic acids is 1. The van der Waals surface area contributed by atoms with Crippen molar-refractivity contribution < 1.29 is 28.6 Å². The van der Waals surface area contributed by atoms with Gasteiger partial charge in [0.1, 0.15) is 4.88 Å². The largest absolute Gasteiger partial charge is 0.477 e. The Kier molecular flexibility index (Phi) is 9.19. The number of halogens is 2. The van der Waals surface area contributed by atoms with Crippen molar-refractivity contribution in [3.63, 3.8) is 0 Å². The smallest absolute Gasteiger partial charge is 0.345 e. The fourth-order valence-corrected chi connectivity index (χ4v) is 4.75. The first-order valence-corrected chi connectivity index (χ1v) is 12.4. The van der Waals surface area contributed by atoms with Crippen molar-refractivity contribution in [2.75, 3.05) is 6.54 Å². The highest BCUT2D eigenvalue weighted by molar-refractivity contribution is 7.13. The molecule has 1 amide bonds. The number of likely N-dealkylation sites (tertiary alicyclic amines) is 1. The summed E-state index contributed by atoms with van der Waals surface area (Å²) in [6, 6.07) is 12.2. The monoisotopic (exact) mass is 501 g/mol.